The Morgan fingerprint density at radius 2 is 1.62 bits per heavy atom. The van der Waals surface area contributed by atoms with Crippen LogP contribution >= 0.6 is 0 Å². The van der Waals surface area contributed by atoms with E-state index in [2.05, 4.69) is 0 Å². The summed E-state index contributed by atoms with van der Waals surface area (Å²) in [4.78, 5) is 24.9. The van der Waals surface area contributed by atoms with Gasteiger partial charge >= 0.3 is 7.12 Å². The van der Waals surface area contributed by atoms with Crippen LogP contribution < -0.4 is 10.4 Å². The lowest BCUT2D eigenvalue weighted by molar-refractivity contribution is -0.114. The molecule has 0 bridgehead atoms. The summed E-state index contributed by atoms with van der Waals surface area (Å²) in [6, 6.07) is 5.24. The first kappa shape index (κ1) is 14.3. The Morgan fingerprint density at radius 1 is 1.05 bits per heavy atom. The number of carbonyl (C=O) groups excluding carboxylic acids is 2. The third-order valence-electron chi connectivity index (χ3n) is 4.65. The summed E-state index contributed by atoms with van der Waals surface area (Å²) in [6.07, 6.45) is 0. The van der Waals surface area contributed by atoms with Crippen LogP contribution in [0.15, 0.2) is 18.2 Å². The summed E-state index contributed by atoms with van der Waals surface area (Å²) in [5, 5.41) is 0. The van der Waals surface area contributed by atoms with Gasteiger partial charge in [0, 0.05) is 7.05 Å². The molecule has 1 fully saturated rings. The lowest BCUT2D eigenvalue weighted by atomic mass is 9.78. The van der Waals surface area contributed by atoms with Gasteiger partial charge in [-0.1, -0.05) is 6.07 Å². The quantitative estimate of drug-likeness (QED) is 0.574. The van der Waals surface area contributed by atoms with Gasteiger partial charge in [0.05, 0.1) is 22.5 Å². The summed E-state index contributed by atoms with van der Waals surface area (Å²) in [5.74, 6) is -0.968. The van der Waals surface area contributed by atoms with E-state index in [4.69, 9.17) is 9.31 Å². The van der Waals surface area contributed by atoms with Crippen molar-refractivity contribution in [2.75, 3.05) is 11.9 Å². The molecule has 0 N–H and O–H groups in total. The third kappa shape index (κ3) is 1.93. The van der Waals surface area contributed by atoms with Crippen molar-refractivity contribution in [3.8, 4) is 0 Å². The molecule has 1 saturated heterocycles. The summed E-state index contributed by atoms with van der Waals surface area (Å²) in [7, 11) is 1.10. The Hall–Kier alpha value is -1.66. The standard InChI is InChI=1S/C15H18BNO4/c1-14(2)15(3,4)21-16(20-14)9-6-7-10-11(8-9)17(5)13(19)12(10)18/h6-8H,1-5H3. The predicted molar refractivity (Wildman–Crippen MR) is 79.9 cm³/mol. The third-order valence-corrected chi connectivity index (χ3v) is 4.65. The van der Waals surface area contributed by atoms with E-state index in [1.807, 2.05) is 27.7 Å². The molecule has 0 atom stereocenters. The molecular formula is C15H18BNO4. The van der Waals surface area contributed by atoms with E-state index in [1.165, 1.54) is 4.90 Å². The largest absolute Gasteiger partial charge is 0.494 e. The van der Waals surface area contributed by atoms with E-state index in [9.17, 15) is 9.59 Å². The molecule has 0 aliphatic carbocycles. The minimum Gasteiger partial charge on any atom is -0.399 e. The fourth-order valence-corrected chi connectivity index (χ4v) is 2.52. The van der Waals surface area contributed by atoms with Gasteiger partial charge in [0.25, 0.3) is 11.7 Å². The van der Waals surface area contributed by atoms with E-state index in [0.29, 0.717) is 11.3 Å². The van der Waals surface area contributed by atoms with Gasteiger partial charge < -0.3 is 14.2 Å². The number of benzene rings is 1. The number of fused-ring (bicyclic) bond motifs is 1. The predicted octanol–water partition coefficient (Wildman–Crippen LogP) is 1.14. The maximum absolute atomic E-state index is 11.8. The Balaban J connectivity index is 1.97. The zero-order valence-electron chi connectivity index (χ0n) is 12.9. The number of ketones is 1. The molecule has 1 amide bonds. The van der Waals surface area contributed by atoms with Crippen LogP contribution in [0.2, 0.25) is 0 Å². The van der Waals surface area contributed by atoms with Gasteiger partial charge in [-0.25, -0.2) is 0 Å². The highest BCUT2D eigenvalue weighted by Gasteiger charge is 2.52. The zero-order chi connectivity index (χ0) is 15.6. The van der Waals surface area contributed by atoms with E-state index in [-0.39, 0.29) is 0 Å². The number of rotatable bonds is 1. The second-order valence-corrected chi connectivity index (χ2v) is 6.56. The number of hydrogen-bond acceptors (Lipinski definition) is 4. The molecule has 110 valence electrons. The maximum Gasteiger partial charge on any atom is 0.494 e. The Kier molecular flexibility index (Phi) is 2.84. The Labute approximate surface area is 124 Å². The van der Waals surface area contributed by atoms with Gasteiger partial charge in [0.15, 0.2) is 0 Å². The van der Waals surface area contributed by atoms with Crippen molar-refractivity contribution in [2.45, 2.75) is 38.9 Å². The number of amides is 1. The van der Waals surface area contributed by atoms with E-state index in [1.54, 1.807) is 25.2 Å². The maximum atomic E-state index is 11.8. The van der Waals surface area contributed by atoms with Crippen LogP contribution in [0, 0.1) is 0 Å². The van der Waals surface area contributed by atoms with E-state index in [0.717, 1.165) is 5.46 Å². The molecule has 0 radical (unpaired) electrons. The topological polar surface area (TPSA) is 55.8 Å². The molecule has 5 nitrogen and oxygen atoms in total. The van der Waals surface area contributed by atoms with Crippen molar-refractivity contribution < 1.29 is 18.9 Å². The van der Waals surface area contributed by atoms with Gasteiger partial charge in [-0.2, -0.15) is 0 Å². The molecule has 2 aliphatic heterocycles. The van der Waals surface area contributed by atoms with Crippen molar-refractivity contribution in [1.29, 1.82) is 0 Å². The van der Waals surface area contributed by atoms with Crippen molar-refractivity contribution in [3.63, 3.8) is 0 Å². The fourth-order valence-electron chi connectivity index (χ4n) is 2.52. The highest BCUT2D eigenvalue weighted by Crippen LogP contribution is 2.37. The lowest BCUT2D eigenvalue weighted by Crippen LogP contribution is -2.41. The molecule has 0 saturated carbocycles. The van der Waals surface area contributed by atoms with Crippen molar-refractivity contribution >= 4 is 30.0 Å². The molecule has 0 aromatic heterocycles. The van der Waals surface area contributed by atoms with Gasteiger partial charge in [0.1, 0.15) is 0 Å². The lowest BCUT2D eigenvalue weighted by Gasteiger charge is -2.32. The molecule has 2 aliphatic rings. The van der Waals surface area contributed by atoms with Gasteiger partial charge in [-0.3, -0.25) is 9.59 Å². The smallest absolute Gasteiger partial charge is 0.399 e. The second-order valence-electron chi connectivity index (χ2n) is 6.56. The van der Waals surface area contributed by atoms with Crippen LogP contribution in [0.3, 0.4) is 0 Å². The monoisotopic (exact) mass is 287 g/mol. The number of nitrogens with zero attached hydrogens (tertiary/aromatic N) is 1. The SMILES string of the molecule is CN1C(=O)C(=O)c2ccc(B3OC(C)(C)C(C)(C)O3)cc21. The van der Waals surface area contributed by atoms with Crippen molar-refractivity contribution in [1.82, 2.24) is 0 Å². The van der Waals surface area contributed by atoms with Crippen molar-refractivity contribution in [2.24, 2.45) is 0 Å². The highest BCUT2D eigenvalue weighted by molar-refractivity contribution is 6.62. The zero-order valence-corrected chi connectivity index (χ0v) is 12.9. The van der Waals surface area contributed by atoms with Crippen LogP contribution in [0.4, 0.5) is 5.69 Å². The van der Waals surface area contributed by atoms with Crippen LogP contribution in [0.1, 0.15) is 38.1 Å². The Morgan fingerprint density at radius 3 is 2.19 bits per heavy atom. The van der Waals surface area contributed by atoms with Gasteiger partial charge in [-0.05, 0) is 45.3 Å². The number of carbonyl (C=O) groups is 2. The number of Topliss-reactive ketones (excluding diaryl/α,β-unsaturated/α-hetero) is 1. The number of anilines is 1. The fraction of sp³-hybridized carbons (Fsp3) is 0.467. The normalized spacial score (nSPS) is 22.9. The van der Waals surface area contributed by atoms with E-state index >= 15 is 0 Å². The summed E-state index contributed by atoms with van der Waals surface area (Å²) in [5.41, 5.74) is 1.00. The minimum absolute atomic E-state index is 0.422. The minimum atomic E-state index is -0.504. The molecule has 0 spiro atoms. The van der Waals surface area contributed by atoms with Gasteiger partial charge in [-0.15, -0.1) is 0 Å². The first-order valence-corrected chi connectivity index (χ1v) is 6.96. The molecule has 0 unspecified atom stereocenters. The molecule has 1 aromatic carbocycles. The number of likely N-dealkylation sites (N-methyl/N-ethyl adjacent to an activating group) is 1. The van der Waals surface area contributed by atoms with Crippen LogP contribution in [-0.4, -0.2) is 37.1 Å². The average Bonchev–Trinajstić information content (AvgIpc) is 2.75. The highest BCUT2D eigenvalue weighted by atomic mass is 16.7. The Bertz CT molecular complexity index is 637. The summed E-state index contributed by atoms with van der Waals surface area (Å²) in [6.45, 7) is 7.94. The van der Waals surface area contributed by atoms with Crippen LogP contribution in [0.5, 0.6) is 0 Å². The summed E-state index contributed by atoms with van der Waals surface area (Å²) < 4.78 is 12.0. The van der Waals surface area contributed by atoms with Crippen molar-refractivity contribution in [3.05, 3.63) is 23.8 Å². The molecule has 1 aromatic rings. The molecular weight excluding hydrogens is 269 g/mol. The van der Waals surface area contributed by atoms with Crippen LogP contribution in [-0.2, 0) is 14.1 Å². The average molecular weight is 287 g/mol. The molecule has 3 rings (SSSR count). The molecule has 2 heterocycles. The summed E-state index contributed by atoms with van der Waals surface area (Å²) >= 11 is 0. The van der Waals surface area contributed by atoms with Crippen LogP contribution in [0.25, 0.3) is 0 Å². The second kappa shape index (κ2) is 4.18. The first-order valence-electron chi connectivity index (χ1n) is 6.96. The van der Waals surface area contributed by atoms with Gasteiger partial charge in [0.2, 0.25) is 0 Å². The van der Waals surface area contributed by atoms with E-state index < -0.39 is 30.0 Å². The number of hydrogen-bond donors (Lipinski definition) is 0. The first-order chi connectivity index (χ1) is 9.64. The molecule has 6 heteroatoms. The molecule has 21 heavy (non-hydrogen) atoms.